The van der Waals surface area contributed by atoms with Gasteiger partial charge in [-0.1, -0.05) is 12.1 Å². The summed E-state index contributed by atoms with van der Waals surface area (Å²) in [5, 5.41) is 12.9. The highest BCUT2D eigenvalue weighted by Crippen LogP contribution is 2.38. The molecule has 168 valence electrons. The predicted octanol–water partition coefficient (Wildman–Crippen LogP) is 5.20. The Hall–Kier alpha value is -3.11. The normalized spacial score (nSPS) is 13.1. The molecule has 1 aromatic carbocycles. The first-order chi connectivity index (χ1) is 15.5. The summed E-state index contributed by atoms with van der Waals surface area (Å²) in [6.07, 6.45) is 5.34. The lowest BCUT2D eigenvalue weighted by atomic mass is 9.95. The maximum atomic E-state index is 12.9. The molecule has 0 atom stereocenters. The SMILES string of the molecule is CCOC(=O)c1c(NC(=O)/C(C#N)=C\c2ccc(N(CC)CC)cc2)sc2c1CCCC2. The molecule has 0 saturated heterocycles. The summed E-state index contributed by atoms with van der Waals surface area (Å²) in [6, 6.07) is 9.75. The van der Waals surface area contributed by atoms with Crippen LogP contribution in [0.1, 0.15) is 60.0 Å². The minimum absolute atomic E-state index is 0.0123. The molecule has 1 N–H and O–H groups in total. The van der Waals surface area contributed by atoms with Crippen molar-refractivity contribution in [2.45, 2.75) is 46.5 Å². The van der Waals surface area contributed by atoms with Crippen LogP contribution in [0.2, 0.25) is 0 Å². The maximum Gasteiger partial charge on any atom is 0.341 e. The van der Waals surface area contributed by atoms with Crippen molar-refractivity contribution in [3.63, 3.8) is 0 Å². The average molecular weight is 452 g/mol. The number of nitrogens with zero attached hydrogens (tertiary/aromatic N) is 2. The largest absolute Gasteiger partial charge is 0.462 e. The smallest absolute Gasteiger partial charge is 0.341 e. The van der Waals surface area contributed by atoms with E-state index in [0.29, 0.717) is 10.6 Å². The van der Waals surface area contributed by atoms with E-state index < -0.39 is 11.9 Å². The van der Waals surface area contributed by atoms with Crippen molar-refractivity contribution in [3.05, 3.63) is 51.4 Å². The standard InChI is InChI=1S/C25H29N3O3S/c1-4-28(5-2)19-13-11-17(12-14-19)15-18(16-26)23(29)27-24-22(25(30)31-6-3)20-9-7-8-10-21(20)32-24/h11-15H,4-10H2,1-3H3,(H,27,29)/b18-15-. The molecule has 3 rings (SSSR count). The molecule has 0 saturated carbocycles. The molecule has 0 fully saturated rings. The molecule has 6 nitrogen and oxygen atoms in total. The van der Waals surface area contributed by atoms with Crippen molar-refractivity contribution in [1.82, 2.24) is 0 Å². The molecule has 1 aliphatic rings. The maximum absolute atomic E-state index is 12.9. The molecule has 0 unspecified atom stereocenters. The van der Waals surface area contributed by atoms with Crippen LogP contribution >= 0.6 is 11.3 Å². The fourth-order valence-electron chi connectivity index (χ4n) is 3.93. The van der Waals surface area contributed by atoms with E-state index >= 15 is 0 Å². The van der Waals surface area contributed by atoms with Crippen LogP contribution < -0.4 is 10.2 Å². The first-order valence-electron chi connectivity index (χ1n) is 11.1. The average Bonchev–Trinajstić information content (AvgIpc) is 3.17. The molecule has 7 heteroatoms. The topological polar surface area (TPSA) is 82.4 Å². The molecule has 0 bridgehead atoms. The second kappa shape index (κ2) is 11.0. The van der Waals surface area contributed by atoms with E-state index in [1.807, 2.05) is 30.3 Å². The van der Waals surface area contributed by atoms with Gasteiger partial charge in [-0.3, -0.25) is 4.79 Å². The van der Waals surface area contributed by atoms with E-state index in [2.05, 4.69) is 24.1 Å². The summed E-state index contributed by atoms with van der Waals surface area (Å²) in [5.41, 5.74) is 3.27. The number of carbonyl (C=O) groups excluding carboxylic acids is 2. The summed E-state index contributed by atoms with van der Waals surface area (Å²) >= 11 is 1.41. The lowest BCUT2D eigenvalue weighted by molar-refractivity contribution is -0.112. The number of benzene rings is 1. The molecule has 1 aromatic heterocycles. The monoisotopic (exact) mass is 451 g/mol. The van der Waals surface area contributed by atoms with Crippen LogP contribution in [-0.2, 0) is 22.4 Å². The molecular weight excluding hydrogens is 422 g/mol. The number of thiophene rings is 1. The number of hydrogen-bond acceptors (Lipinski definition) is 6. The molecule has 2 aromatic rings. The fraction of sp³-hybridized carbons (Fsp3) is 0.400. The number of fused-ring (bicyclic) bond motifs is 1. The summed E-state index contributed by atoms with van der Waals surface area (Å²) in [7, 11) is 0. The summed E-state index contributed by atoms with van der Waals surface area (Å²) in [5.74, 6) is -0.943. The van der Waals surface area contributed by atoms with Gasteiger partial charge in [-0.05, 0) is 75.8 Å². The van der Waals surface area contributed by atoms with E-state index in [1.165, 1.54) is 11.3 Å². The number of nitriles is 1. The van der Waals surface area contributed by atoms with Gasteiger partial charge in [-0.2, -0.15) is 5.26 Å². The van der Waals surface area contributed by atoms with Gasteiger partial charge in [0.05, 0.1) is 12.2 Å². The van der Waals surface area contributed by atoms with Gasteiger partial charge in [0, 0.05) is 23.7 Å². The Bertz CT molecular complexity index is 1040. The minimum atomic E-state index is -0.524. The van der Waals surface area contributed by atoms with Crippen molar-refractivity contribution in [2.75, 3.05) is 29.9 Å². The van der Waals surface area contributed by atoms with Gasteiger partial charge in [0.15, 0.2) is 0 Å². The van der Waals surface area contributed by atoms with Crippen LogP contribution in [0.25, 0.3) is 6.08 Å². The molecule has 1 aliphatic carbocycles. The number of hydrogen-bond donors (Lipinski definition) is 1. The summed E-state index contributed by atoms with van der Waals surface area (Å²) in [6.45, 7) is 8.04. The van der Waals surface area contributed by atoms with Crippen LogP contribution in [0.5, 0.6) is 0 Å². The zero-order valence-corrected chi connectivity index (χ0v) is 19.7. The van der Waals surface area contributed by atoms with Crippen LogP contribution in [0, 0.1) is 11.3 Å². The lowest BCUT2D eigenvalue weighted by Crippen LogP contribution is -2.21. The minimum Gasteiger partial charge on any atom is -0.462 e. The van der Waals surface area contributed by atoms with E-state index in [0.717, 1.165) is 60.5 Å². The Labute approximate surface area is 193 Å². The Morgan fingerprint density at radius 2 is 1.84 bits per heavy atom. The van der Waals surface area contributed by atoms with Crippen molar-refractivity contribution >= 4 is 40.0 Å². The zero-order valence-electron chi connectivity index (χ0n) is 18.9. The first-order valence-corrected chi connectivity index (χ1v) is 11.9. The number of nitrogens with one attached hydrogen (secondary N) is 1. The van der Waals surface area contributed by atoms with E-state index in [1.54, 1.807) is 13.0 Å². The van der Waals surface area contributed by atoms with Gasteiger partial charge >= 0.3 is 5.97 Å². The Morgan fingerprint density at radius 3 is 2.47 bits per heavy atom. The number of amides is 1. The van der Waals surface area contributed by atoms with Gasteiger partial charge in [-0.25, -0.2) is 4.79 Å². The number of rotatable bonds is 8. The number of carbonyl (C=O) groups is 2. The van der Waals surface area contributed by atoms with Gasteiger partial charge in [-0.15, -0.1) is 11.3 Å². The molecule has 0 aliphatic heterocycles. The number of ether oxygens (including phenoxy) is 1. The quantitative estimate of drug-likeness (QED) is 0.339. The van der Waals surface area contributed by atoms with Gasteiger partial charge < -0.3 is 15.0 Å². The molecule has 0 radical (unpaired) electrons. The van der Waals surface area contributed by atoms with Crippen LogP contribution in [0.3, 0.4) is 0 Å². The third-order valence-corrected chi connectivity index (χ3v) is 6.78. The van der Waals surface area contributed by atoms with Crippen LogP contribution in [0.4, 0.5) is 10.7 Å². The number of anilines is 2. The van der Waals surface area contributed by atoms with E-state index in [9.17, 15) is 14.9 Å². The first kappa shape index (κ1) is 23.6. The summed E-state index contributed by atoms with van der Waals surface area (Å²) in [4.78, 5) is 28.8. The van der Waals surface area contributed by atoms with Crippen molar-refractivity contribution in [2.24, 2.45) is 0 Å². The van der Waals surface area contributed by atoms with Gasteiger partial charge in [0.1, 0.15) is 16.6 Å². The summed E-state index contributed by atoms with van der Waals surface area (Å²) < 4.78 is 5.24. The predicted molar refractivity (Wildman–Crippen MR) is 129 cm³/mol. The third kappa shape index (κ3) is 5.20. The van der Waals surface area contributed by atoms with E-state index in [-0.39, 0.29) is 12.2 Å². The number of aryl methyl sites for hydroxylation is 1. The van der Waals surface area contributed by atoms with Crippen molar-refractivity contribution < 1.29 is 14.3 Å². The highest BCUT2D eigenvalue weighted by molar-refractivity contribution is 7.17. The second-order valence-corrected chi connectivity index (χ2v) is 8.63. The molecule has 32 heavy (non-hydrogen) atoms. The van der Waals surface area contributed by atoms with Crippen molar-refractivity contribution in [3.8, 4) is 6.07 Å². The Balaban J connectivity index is 1.85. The molecule has 0 spiro atoms. The lowest BCUT2D eigenvalue weighted by Gasteiger charge is -2.20. The highest BCUT2D eigenvalue weighted by atomic mass is 32.1. The second-order valence-electron chi connectivity index (χ2n) is 7.52. The third-order valence-electron chi connectivity index (χ3n) is 5.58. The highest BCUT2D eigenvalue weighted by Gasteiger charge is 2.27. The van der Waals surface area contributed by atoms with Crippen molar-refractivity contribution in [1.29, 1.82) is 5.26 Å². The Morgan fingerprint density at radius 1 is 1.16 bits per heavy atom. The van der Waals surface area contributed by atoms with Gasteiger partial charge in [0.25, 0.3) is 5.91 Å². The molecule has 1 heterocycles. The van der Waals surface area contributed by atoms with E-state index in [4.69, 9.17) is 4.74 Å². The van der Waals surface area contributed by atoms with Crippen LogP contribution in [-0.4, -0.2) is 31.6 Å². The molecule has 1 amide bonds. The Kier molecular flexibility index (Phi) is 8.07. The zero-order chi connectivity index (χ0) is 23.1. The van der Waals surface area contributed by atoms with Crippen LogP contribution in [0.15, 0.2) is 29.8 Å². The van der Waals surface area contributed by atoms with Gasteiger partial charge in [0.2, 0.25) is 0 Å². The fourth-order valence-corrected chi connectivity index (χ4v) is 5.20. The number of esters is 1. The molecular formula is C25H29N3O3S.